The van der Waals surface area contributed by atoms with Gasteiger partial charge >= 0.3 is 0 Å². The van der Waals surface area contributed by atoms with Crippen LogP contribution in [0.4, 0.5) is 5.00 Å². The predicted octanol–water partition coefficient (Wildman–Crippen LogP) is 3.93. The monoisotopic (exact) mass is 485 g/mol. The first-order valence-corrected chi connectivity index (χ1v) is 13.1. The summed E-state index contributed by atoms with van der Waals surface area (Å²) in [5, 5.41) is 13.6. The maximum absolute atomic E-state index is 12.9. The van der Waals surface area contributed by atoms with Crippen LogP contribution in [-0.2, 0) is 30.8 Å². The molecule has 0 bridgehead atoms. The molecule has 2 aromatic carbocycles. The molecule has 3 heterocycles. The largest absolute Gasteiger partial charge is 0.315 e. The average molecular weight is 486 g/mol. The molecule has 5 rings (SSSR count). The third-order valence-electron chi connectivity index (χ3n) is 6.83. The summed E-state index contributed by atoms with van der Waals surface area (Å²) in [5.74, 6) is -0.0299. The van der Waals surface area contributed by atoms with E-state index >= 15 is 0 Å². The van der Waals surface area contributed by atoms with Gasteiger partial charge in [-0.3, -0.25) is 19.5 Å². The SMILES string of the molecule is N#Cc1c(NC(=O)CN2CCN(Cc3ccccc3)CC2)sc2c1CCN(Cc1ccccc1)C2. The number of carbonyl (C=O) groups excluding carboxylic acids is 1. The normalized spacial score (nSPS) is 17.0. The zero-order valence-corrected chi connectivity index (χ0v) is 20.8. The lowest BCUT2D eigenvalue weighted by Crippen LogP contribution is -2.48. The van der Waals surface area contributed by atoms with Gasteiger partial charge < -0.3 is 5.32 Å². The Labute approximate surface area is 211 Å². The molecule has 3 aromatic rings. The maximum Gasteiger partial charge on any atom is 0.239 e. The molecule has 1 fully saturated rings. The van der Waals surface area contributed by atoms with E-state index < -0.39 is 0 Å². The van der Waals surface area contributed by atoms with Crippen LogP contribution in [0, 0.1) is 11.3 Å². The van der Waals surface area contributed by atoms with Gasteiger partial charge in [0.1, 0.15) is 11.1 Å². The van der Waals surface area contributed by atoms with Crippen LogP contribution < -0.4 is 5.32 Å². The van der Waals surface area contributed by atoms with Gasteiger partial charge in [0.2, 0.25) is 5.91 Å². The van der Waals surface area contributed by atoms with Crippen molar-refractivity contribution >= 4 is 22.2 Å². The topological polar surface area (TPSA) is 62.6 Å². The molecule has 1 aromatic heterocycles. The van der Waals surface area contributed by atoms with E-state index in [0.717, 1.165) is 64.3 Å². The van der Waals surface area contributed by atoms with Crippen molar-refractivity contribution in [3.8, 4) is 6.07 Å². The lowest BCUT2D eigenvalue weighted by atomic mass is 10.0. The summed E-state index contributed by atoms with van der Waals surface area (Å²) in [6.07, 6.45) is 0.848. The van der Waals surface area contributed by atoms with Crippen molar-refractivity contribution in [3.05, 3.63) is 87.8 Å². The molecule has 6 nitrogen and oxygen atoms in total. The summed E-state index contributed by atoms with van der Waals surface area (Å²) in [6.45, 7) is 7.63. The Hall–Kier alpha value is -3.02. The molecule has 2 aliphatic rings. The number of hydrogen-bond acceptors (Lipinski definition) is 6. The molecule has 1 amide bonds. The number of thiophene rings is 1. The molecule has 0 aliphatic carbocycles. The fraction of sp³-hybridized carbons (Fsp3) is 0.357. The molecular formula is C28H31N5OS. The van der Waals surface area contributed by atoms with Gasteiger partial charge in [-0.1, -0.05) is 60.7 Å². The number of nitriles is 1. The van der Waals surface area contributed by atoms with E-state index in [-0.39, 0.29) is 5.91 Å². The first kappa shape index (κ1) is 23.7. The smallest absolute Gasteiger partial charge is 0.239 e. The zero-order chi connectivity index (χ0) is 24.0. The van der Waals surface area contributed by atoms with Crippen molar-refractivity contribution in [2.75, 3.05) is 44.6 Å². The number of fused-ring (bicyclic) bond motifs is 1. The summed E-state index contributed by atoms with van der Waals surface area (Å²) in [6, 6.07) is 23.4. The highest BCUT2D eigenvalue weighted by atomic mass is 32.1. The van der Waals surface area contributed by atoms with E-state index in [0.29, 0.717) is 17.1 Å². The Morgan fingerprint density at radius 3 is 2.09 bits per heavy atom. The van der Waals surface area contributed by atoms with E-state index in [1.807, 2.05) is 12.1 Å². The number of rotatable bonds is 7. The van der Waals surface area contributed by atoms with Gasteiger partial charge in [0.25, 0.3) is 0 Å². The molecule has 1 N–H and O–H groups in total. The fourth-order valence-corrected chi connectivity index (χ4v) is 6.21. The fourth-order valence-electron chi connectivity index (χ4n) is 4.96. The second-order valence-corrected chi connectivity index (χ2v) is 10.5. The van der Waals surface area contributed by atoms with Gasteiger partial charge in [-0.05, 0) is 23.1 Å². The van der Waals surface area contributed by atoms with Crippen LogP contribution in [0.2, 0.25) is 0 Å². The summed E-state index contributed by atoms with van der Waals surface area (Å²) >= 11 is 1.57. The van der Waals surface area contributed by atoms with Gasteiger partial charge in [-0.25, -0.2) is 0 Å². The van der Waals surface area contributed by atoms with Gasteiger partial charge in [0.05, 0.1) is 12.1 Å². The van der Waals surface area contributed by atoms with Crippen LogP contribution in [-0.4, -0.2) is 59.9 Å². The summed E-state index contributed by atoms with van der Waals surface area (Å²) in [7, 11) is 0. The highest BCUT2D eigenvalue weighted by molar-refractivity contribution is 7.16. The zero-order valence-electron chi connectivity index (χ0n) is 19.9. The van der Waals surface area contributed by atoms with E-state index in [4.69, 9.17) is 0 Å². The molecular weight excluding hydrogens is 454 g/mol. The average Bonchev–Trinajstić information content (AvgIpc) is 3.22. The predicted molar refractivity (Wildman–Crippen MR) is 140 cm³/mol. The molecule has 35 heavy (non-hydrogen) atoms. The minimum absolute atomic E-state index is 0.0299. The van der Waals surface area contributed by atoms with E-state index in [9.17, 15) is 10.1 Å². The number of amides is 1. The van der Waals surface area contributed by atoms with E-state index in [1.165, 1.54) is 16.0 Å². The Morgan fingerprint density at radius 2 is 1.46 bits per heavy atom. The Balaban J connectivity index is 1.14. The minimum Gasteiger partial charge on any atom is -0.315 e. The van der Waals surface area contributed by atoms with Crippen LogP contribution in [0.25, 0.3) is 0 Å². The number of benzene rings is 2. The third kappa shape index (κ3) is 5.98. The maximum atomic E-state index is 12.9. The Bertz CT molecular complexity index is 1180. The Morgan fingerprint density at radius 1 is 0.857 bits per heavy atom. The van der Waals surface area contributed by atoms with Gasteiger partial charge in [0, 0.05) is 57.2 Å². The summed E-state index contributed by atoms with van der Waals surface area (Å²) in [4.78, 5) is 21.1. The number of hydrogen-bond donors (Lipinski definition) is 1. The highest BCUT2D eigenvalue weighted by Gasteiger charge is 2.26. The number of carbonyl (C=O) groups is 1. The van der Waals surface area contributed by atoms with Crippen molar-refractivity contribution < 1.29 is 4.79 Å². The third-order valence-corrected chi connectivity index (χ3v) is 7.96. The number of nitrogens with zero attached hydrogens (tertiary/aromatic N) is 4. The lowest BCUT2D eigenvalue weighted by Gasteiger charge is -2.34. The molecule has 180 valence electrons. The van der Waals surface area contributed by atoms with Crippen LogP contribution in [0.3, 0.4) is 0 Å². The molecule has 0 radical (unpaired) electrons. The van der Waals surface area contributed by atoms with Crippen molar-refractivity contribution in [2.24, 2.45) is 0 Å². The second-order valence-electron chi connectivity index (χ2n) is 9.35. The van der Waals surface area contributed by atoms with Gasteiger partial charge in [-0.2, -0.15) is 5.26 Å². The standard InChI is InChI=1S/C28H31N5OS/c29-17-25-24-11-12-33(19-23-9-5-2-6-10-23)20-26(24)35-28(25)30-27(34)21-32-15-13-31(14-16-32)18-22-7-3-1-4-8-22/h1-10H,11-16,18-21H2,(H,30,34). The van der Waals surface area contributed by atoms with Crippen LogP contribution >= 0.6 is 11.3 Å². The molecule has 2 aliphatic heterocycles. The van der Waals surface area contributed by atoms with E-state index in [2.05, 4.69) is 74.6 Å². The first-order valence-electron chi connectivity index (χ1n) is 12.3. The van der Waals surface area contributed by atoms with Crippen molar-refractivity contribution in [2.45, 2.75) is 26.1 Å². The minimum atomic E-state index is -0.0299. The quantitative estimate of drug-likeness (QED) is 0.549. The molecule has 0 saturated carbocycles. The lowest BCUT2D eigenvalue weighted by molar-refractivity contribution is -0.117. The van der Waals surface area contributed by atoms with Crippen LogP contribution in [0.15, 0.2) is 60.7 Å². The van der Waals surface area contributed by atoms with Crippen LogP contribution in [0.5, 0.6) is 0 Å². The van der Waals surface area contributed by atoms with Crippen molar-refractivity contribution in [1.82, 2.24) is 14.7 Å². The van der Waals surface area contributed by atoms with Gasteiger partial charge in [-0.15, -0.1) is 11.3 Å². The van der Waals surface area contributed by atoms with E-state index in [1.54, 1.807) is 11.3 Å². The Kier molecular flexibility index (Phi) is 7.55. The van der Waals surface area contributed by atoms with Crippen LogP contribution in [0.1, 0.15) is 27.1 Å². The highest BCUT2D eigenvalue weighted by Crippen LogP contribution is 2.37. The number of nitrogens with one attached hydrogen (secondary N) is 1. The van der Waals surface area contributed by atoms with Gasteiger partial charge in [0.15, 0.2) is 0 Å². The van der Waals surface area contributed by atoms with Crippen molar-refractivity contribution in [3.63, 3.8) is 0 Å². The van der Waals surface area contributed by atoms with Crippen molar-refractivity contribution in [1.29, 1.82) is 5.26 Å². The second kappa shape index (κ2) is 11.1. The molecule has 1 saturated heterocycles. The molecule has 0 unspecified atom stereocenters. The number of piperazine rings is 1. The first-order chi connectivity index (χ1) is 17.2. The summed E-state index contributed by atoms with van der Waals surface area (Å²) < 4.78 is 0. The number of anilines is 1. The summed E-state index contributed by atoms with van der Waals surface area (Å²) in [5.41, 5.74) is 4.40. The molecule has 0 spiro atoms. The molecule has 7 heteroatoms. The molecule has 0 atom stereocenters.